The van der Waals surface area contributed by atoms with Crippen molar-refractivity contribution in [1.29, 1.82) is 0 Å². The molecule has 3 rings (SSSR count). The van der Waals surface area contributed by atoms with E-state index in [4.69, 9.17) is 14.6 Å². The number of fused-ring (bicyclic) bond motifs is 1. The van der Waals surface area contributed by atoms with E-state index in [2.05, 4.69) is 10.3 Å². The third-order valence-corrected chi connectivity index (χ3v) is 5.19. The van der Waals surface area contributed by atoms with E-state index < -0.39 is 11.9 Å². The van der Waals surface area contributed by atoms with E-state index in [1.165, 1.54) is 0 Å². The van der Waals surface area contributed by atoms with Gasteiger partial charge in [-0.2, -0.15) is 0 Å². The summed E-state index contributed by atoms with van der Waals surface area (Å²) in [4.78, 5) is 39.5. The van der Waals surface area contributed by atoms with E-state index in [1.807, 2.05) is 50.2 Å². The number of hydrogen-bond acceptors (Lipinski definition) is 7. The molecule has 0 radical (unpaired) electrons. The summed E-state index contributed by atoms with van der Waals surface area (Å²) < 4.78 is 10.8. The number of aryl methyl sites for hydroxylation is 1. The molecule has 0 amide bonds. The molecule has 0 aliphatic carbocycles. The van der Waals surface area contributed by atoms with Crippen molar-refractivity contribution in [2.45, 2.75) is 39.5 Å². The van der Waals surface area contributed by atoms with Crippen LogP contribution in [0.5, 0.6) is 5.75 Å². The second-order valence-corrected chi connectivity index (χ2v) is 7.77. The number of carbonyl (C=O) groups is 3. The Bertz CT molecular complexity index is 1190. The molecule has 2 aromatic carbocycles. The van der Waals surface area contributed by atoms with Gasteiger partial charge in [-0.05, 0) is 31.0 Å². The maximum atomic E-state index is 12.8. The molecule has 0 saturated heterocycles. The third kappa shape index (κ3) is 6.31. The van der Waals surface area contributed by atoms with Crippen LogP contribution in [-0.2, 0) is 14.3 Å². The second-order valence-electron chi connectivity index (χ2n) is 7.77. The van der Waals surface area contributed by atoms with Gasteiger partial charge < -0.3 is 19.9 Å². The molecule has 0 aliphatic heterocycles. The number of esters is 1. The molecule has 8 nitrogen and oxygen atoms in total. The molecule has 34 heavy (non-hydrogen) atoms. The number of benzene rings is 2. The summed E-state index contributed by atoms with van der Waals surface area (Å²) in [5.74, 6) is -1.15. The van der Waals surface area contributed by atoms with Gasteiger partial charge in [0.2, 0.25) is 0 Å². The second kappa shape index (κ2) is 11.8. The first-order valence-corrected chi connectivity index (χ1v) is 11.2. The Hall–Kier alpha value is -3.94. The number of nitrogens with one attached hydrogen (secondary N) is 1. The molecule has 178 valence electrons. The molecular weight excluding hydrogens is 436 g/mol. The molecule has 0 aliphatic rings. The Balaban J connectivity index is 1.85. The Labute approximate surface area is 197 Å². The largest absolute Gasteiger partial charge is 0.488 e. The minimum atomic E-state index is -1.05. The van der Waals surface area contributed by atoms with Crippen molar-refractivity contribution >= 4 is 40.0 Å². The lowest BCUT2D eigenvalue weighted by molar-refractivity contribution is -0.148. The molecule has 0 fully saturated rings. The molecule has 3 aromatic rings. The highest BCUT2D eigenvalue weighted by Crippen LogP contribution is 2.35. The molecule has 1 heterocycles. The quantitative estimate of drug-likeness (QED) is 0.217. The summed E-state index contributed by atoms with van der Waals surface area (Å²) in [6, 6.07) is 13.3. The molecule has 0 unspecified atom stereocenters. The fourth-order valence-corrected chi connectivity index (χ4v) is 3.46. The Kier molecular flexibility index (Phi) is 8.56. The predicted octanol–water partition coefficient (Wildman–Crippen LogP) is 5.06. The number of pyridine rings is 1. The summed E-state index contributed by atoms with van der Waals surface area (Å²) in [6.07, 6.45) is 2.25. The number of nitrogens with zero attached hydrogens (tertiary/aromatic N) is 1. The van der Waals surface area contributed by atoms with Crippen LogP contribution in [0.4, 0.5) is 11.4 Å². The van der Waals surface area contributed by atoms with E-state index in [0.29, 0.717) is 28.9 Å². The Morgan fingerprint density at radius 2 is 1.79 bits per heavy atom. The molecule has 0 bridgehead atoms. The van der Waals surface area contributed by atoms with Crippen molar-refractivity contribution in [2.24, 2.45) is 0 Å². The van der Waals surface area contributed by atoms with Crippen LogP contribution in [0.1, 0.15) is 48.5 Å². The van der Waals surface area contributed by atoms with Crippen molar-refractivity contribution in [3.05, 3.63) is 59.8 Å². The van der Waals surface area contributed by atoms with E-state index in [0.717, 1.165) is 23.1 Å². The summed E-state index contributed by atoms with van der Waals surface area (Å²) in [7, 11) is 0. The van der Waals surface area contributed by atoms with Crippen molar-refractivity contribution in [3.63, 3.8) is 0 Å². The van der Waals surface area contributed by atoms with Crippen LogP contribution in [0.15, 0.2) is 48.7 Å². The van der Waals surface area contributed by atoms with Gasteiger partial charge in [-0.1, -0.05) is 37.3 Å². The number of carbonyl (C=O) groups excluding carboxylic acids is 2. The number of carboxylic acids is 1. The Morgan fingerprint density at radius 3 is 2.53 bits per heavy atom. The van der Waals surface area contributed by atoms with Crippen LogP contribution in [0.2, 0.25) is 0 Å². The van der Waals surface area contributed by atoms with Crippen LogP contribution in [0.3, 0.4) is 0 Å². The van der Waals surface area contributed by atoms with Crippen molar-refractivity contribution < 1.29 is 29.0 Å². The highest BCUT2D eigenvalue weighted by atomic mass is 16.6. The molecule has 0 atom stereocenters. The van der Waals surface area contributed by atoms with Crippen LogP contribution in [0.25, 0.3) is 10.9 Å². The number of aliphatic carboxylic acids is 1. The molecule has 0 saturated carbocycles. The van der Waals surface area contributed by atoms with E-state index in [9.17, 15) is 14.4 Å². The molecule has 2 N–H and O–H groups in total. The summed E-state index contributed by atoms with van der Waals surface area (Å²) >= 11 is 0. The monoisotopic (exact) mass is 464 g/mol. The van der Waals surface area contributed by atoms with E-state index >= 15 is 0 Å². The lowest BCUT2D eigenvalue weighted by atomic mass is 10.0. The van der Waals surface area contributed by atoms with Gasteiger partial charge in [0.25, 0.3) is 0 Å². The number of aromatic nitrogens is 1. The maximum Gasteiger partial charge on any atom is 0.306 e. The van der Waals surface area contributed by atoms with Crippen molar-refractivity contribution in [3.8, 4) is 5.75 Å². The molecule has 0 spiro atoms. The first-order chi connectivity index (χ1) is 16.4. The maximum absolute atomic E-state index is 12.8. The van der Waals surface area contributed by atoms with Crippen LogP contribution in [0, 0.1) is 6.92 Å². The number of ketones is 1. The fraction of sp³-hybridized carbons (Fsp3) is 0.308. The minimum Gasteiger partial charge on any atom is -0.488 e. The number of para-hydroxylation sites is 2. The third-order valence-electron chi connectivity index (χ3n) is 5.19. The normalized spacial score (nSPS) is 10.6. The van der Waals surface area contributed by atoms with Crippen LogP contribution < -0.4 is 10.1 Å². The topological polar surface area (TPSA) is 115 Å². The summed E-state index contributed by atoms with van der Waals surface area (Å²) in [5, 5.41) is 12.8. The van der Waals surface area contributed by atoms with Crippen LogP contribution >= 0.6 is 0 Å². The van der Waals surface area contributed by atoms with Gasteiger partial charge in [-0.3, -0.25) is 19.4 Å². The van der Waals surface area contributed by atoms with E-state index in [1.54, 1.807) is 12.3 Å². The molecule has 1 aromatic heterocycles. The van der Waals surface area contributed by atoms with Gasteiger partial charge in [-0.25, -0.2) is 0 Å². The van der Waals surface area contributed by atoms with Crippen LogP contribution in [-0.4, -0.2) is 41.0 Å². The fourth-order valence-electron chi connectivity index (χ4n) is 3.46. The van der Waals surface area contributed by atoms with Gasteiger partial charge in [0, 0.05) is 23.7 Å². The molecule has 8 heteroatoms. The molecular formula is C26H28N2O6. The zero-order valence-electron chi connectivity index (χ0n) is 19.3. The van der Waals surface area contributed by atoms with Gasteiger partial charge in [0.15, 0.2) is 5.78 Å². The van der Waals surface area contributed by atoms with Gasteiger partial charge in [0.1, 0.15) is 24.5 Å². The summed E-state index contributed by atoms with van der Waals surface area (Å²) in [6.45, 7) is 4.01. The number of hydrogen-bond donors (Lipinski definition) is 2. The smallest absolute Gasteiger partial charge is 0.306 e. The lowest BCUT2D eigenvalue weighted by Gasteiger charge is -2.17. The van der Waals surface area contributed by atoms with Gasteiger partial charge in [-0.15, -0.1) is 0 Å². The highest BCUT2D eigenvalue weighted by Gasteiger charge is 2.18. The predicted molar refractivity (Wildman–Crippen MR) is 129 cm³/mol. The van der Waals surface area contributed by atoms with E-state index in [-0.39, 0.29) is 31.8 Å². The first-order valence-electron chi connectivity index (χ1n) is 11.2. The van der Waals surface area contributed by atoms with Crippen molar-refractivity contribution in [2.75, 3.05) is 18.5 Å². The summed E-state index contributed by atoms with van der Waals surface area (Å²) in [5.41, 5.74) is 3.69. The van der Waals surface area contributed by atoms with Gasteiger partial charge >= 0.3 is 11.9 Å². The SMILES string of the molecule is CCCC(=O)c1cnc2c(OCCOC(=O)CCC(=O)O)cccc2c1Nc1ccccc1C. The highest BCUT2D eigenvalue weighted by molar-refractivity contribution is 6.09. The number of carboxylic acid groups (broad SMARTS) is 1. The van der Waals surface area contributed by atoms with Gasteiger partial charge in [0.05, 0.1) is 24.1 Å². The number of rotatable bonds is 12. The average Bonchev–Trinajstić information content (AvgIpc) is 2.82. The number of ether oxygens (including phenoxy) is 2. The average molecular weight is 465 g/mol. The lowest BCUT2D eigenvalue weighted by Crippen LogP contribution is -2.13. The zero-order chi connectivity index (χ0) is 24.5. The minimum absolute atomic E-state index is 0.00702. The zero-order valence-corrected chi connectivity index (χ0v) is 19.3. The standard InChI is InChI=1S/C26H28N2O6/c1-3-7-21(29)19-16-27-26-18(25(19)28-20-10-5-4-8-17(20)2)9-6-11-22(26)33-14-15-34-24(32)13-12-23(30)31/h4-6,8-11,16H,3,7,12-15H2,1-2H3,(H,27,28)(H,30,31). The van der Waals surface area contributed by atoms with Crippen molar-refractivity contribution in [1.82, 2.24) is 4.98 Å². The Morgan fingerprint density at radius 1 is 1.00 bits per heavy atom. The number of Topliss-reactive ketones (excluding diaryl/α,β-unsaturated/α-hetero) is 1. The number of anilines is 2. The first kappa shape index (κ1) is 24.7.